The van der Waals surface area contributed by atoms with Crippen LogP contribution in [0.2, 0.25) is 0 Å². The molecular weight excluding hydrogens is 168 g/mol. The molecule has 1 aliphatic heterocycles. The molecule has 1 heterocycles. The maximum absolute atomic E-state index is 11.1. The molecule has 1 fully saturated rings. The number of carbonyl (C=O) groups is 1. The van der Waals surface area contributed by atoms with Crippen molar-refractivity contribution in [2.45, 2.75) is 18.9 Å². The molecule has 1 saturated heterocycles. The molecule has 0 aromatic carbocycles. The van der Waals surface area contributed by atoms with E-state index in [1.807, 2.05) is 0 Å². The Labute approximate surface area is 79.4 Å². The first-order chi connectivity index (χ1) is 6.11. The molecule has 0 aliphatic carbocycles. The summed E-state index contributed by atoms with van der Waals surface area (Å²) in [7, 11) is 5.46. The first-order valence-electron chi connectivity index (χ1n) is 4.65. The van der Waals surface area contributed by atoms with E-state index in [9.17, 15) is 4.79 Å². The van der Waals surface area contributed by atoms with Crippen LogP contribution in [0.4, 0.5) is 4.79 Å². The third-order valence-corrected chi connectivity index (χ3v) is 2.44. The van der Waals surface area contributed by atoms with Crippen molar-refractivity contribution in [1.29, 1.82) is 0 Å². The van der Waals surface area contributed by atoms with Crippen molar-refractivity contribution in [2.75, 3.05) is 34.3 Å². The normalized spacial score (nSPS) is 23.2. The fourth-order valence-electron chi connectivity index (χ4n) is 1.49. The van der Waals surface area contributed by atoms with Crippen LogP contribution in [0.3, 0.4) is 0 Å². The van der Waals surface area contributed by atoms with E-state index >= 15 is 0 Å². The Hall–Kier alpha value is -0.770. The molecule has 0 aromatic heterocycles. The van der Waals surface area contributed by atoms with Gasteiger partial charge in [0.15, 0.2) is 0 Å². The van der Waals surface area contributed by atoms with Crippen LogP contribution in [-0.2, 0) is 4.74 Å². The van der Waals surface area contributed by atoms with Gasteiger partial charge in [0.2, 0.25) is 0 Å². The molecule has 1 rings (SSSR count). The summed E-state index contributed by atoms with van der Waals surface area (Å²) < 4.78 is 5.10. The lowest BCUT2D eigenvalue weighted by Crippen LogP contribution is -2.33. The van der Waals surface area contributed by atoms with Gasteiger partial charge in [-0.05, 0) is 26.4 Å². The van der Waals surface area contributed by atoms with Crippen molar-refractivity contribution in [3.05, 3.63) is 0 Å². The van der Waals surface area contributed by atoms with Gasteiger partial charge in [-0.3, -0.25) is 0 Å². The summed E-state index contributed by atoms with van der Waals surface area (Å²) in [6.07, 6.45) is 2.10. The predicted molar refractivity (Wildman–Crippen MR) is 50.7 cm³/mol. The highest BCUT2D eigenvalue weighted by Gasteiger charge is 2.22. The summed E-state index contributed by atoms with van der Waals surface area (Å²) in [4.78, 5) is 14.8. The second-order valence-corrected chi connectivity index (χ2v) is 3.75. The van der Waals surface area contributed by atoms with E-state index in [1.165, 1.54) is 11.3 Å². The fourth-order valence-corrected chi connectivity index (χ4v) is 1.49. The minimum Gasteiger partial charge on any atom is -0.448 e. The molecule has 1 amide bonds. The van der Waals surface area contributed by atoms with Gasteiger partial charge >= 0.3 is 6.09 Å². The van der Waals surface area contributed by atoms with Gasteiger partial charge in [0.1, 0.15) is 6.61 Å². The molecule has 13 heavy (non-hydrogen) atoms. The standard InChI is InChI=1S/C9H18N2O2/c1-10(2)9(12)13-7-8-5-4-6-11(8)3/h8H,4-7H2,1-3H3. The zero-order valence-electron chi connectivity index (χ0n) is 8.62. The summed E-state index contributed by atoms with van der Waals surface area (Å²) in [6.45, 7) is 1.64. The average Bonchev–Trinajstić information content (AvgIpc) is 2.47. The third kappa shape index (κ3) is 2.88. The Balaban J connectivity index is 2.22. The Morgan fingerprint density at radius 2 is 2.31 bits per heavy atom. The molecule has 0 bridgehead atoms. The summed E-state index contributed by atoms with van der Waals surface area (Å²) in [6, 6.07) is 0.420. The third-order valence-electron chi connectivity index (χ3n) is 2.44. The first kappa shape index (κ1) is 10.3. The number of ether oxygens (including phenoxy) is 1. The first-order valence-corrected chi connectivity index (χ1v) is 4.65. The number of rotatable bonds is 2. The largest absolute Gasteiger partial charge is 0.448 e. The Kier molecular flexibility index (Phi) is 3.54. The van der Waals surface area contributed by atoms with E-state index in [0.717, 1.165) is 13.0 Å². The molecule has 0 N–H and O–H groups in total. The Bertz CT molecular complexity index is 182. The predicted octanol–water partition coefficient (Wildman–Crippen LogP) is 0.779. The lowest BCUT2D eigenvalue weighted by Gasteiger charge is -2.20. The fraction of sp³-hybridized carbons (Fsp3) is 0.889. The highest BCUT2D eigenvalue weighted by atomic mass is 16.6. The van der Waals surface area contributed by atoms with Crippen molar-refractivity contribution >= 4 is 6.09 Å². The van der Waals surface area contributed by atoms with Gasteiger partial charge in [0.05, 0.1) is 0 Å². The molecule has 0 aromatic rings. The van der Waals surface area contributed by atoms with E-state index in [4.69, 9.17) is 4.74 Å². The van der Waals surface area contributed by atoms with Crippen LogP contribution in [0, 0.1) is 0 Å². The van der Waals surface area contributed by atoms with Gasteiger partial charge in [-0.1, -0.05) is 0 Å². The molecule has 0 saturated carbocycles. The van der Waals surface area contributed by atoms with Crippen molar-refractivity contribution in [2.24, 2.45) is 0 Å². The number of amides is 1. The average molecular weight is 186 g/mol. The van der Waals surface area contributed by atoms with Gasteiger partial charge < -0.3 is 14.5 Å². The quantitative estimate of drug-likeness (QED) is 0.639. The van der Waals surface area contributed by atoms with Crippen LogP contribution in [0.25, 0.3) is 0 Å². The maximum Gasteiger partial charge on any atom is 0.409 e. The smallest absolute Gasteiger partial charge is 0.409 e. The number of hydrogen-bond donors (Lipinski definition) is 0. The van der Waals surface area contributed by atoms with Crippen LogP contribution in [0.5, 0.6) is 0 Å². The molecule has 76 valence electrons. The lowest BCUT2D eigenvalue weighted by molar-refractivity contribution is 0.0932. The molecule has 0 radical (unpaired) electrons. The minimum atomic E-state index is -0.250. The molecule has 1 atom stereocenters. The monoisotopic (exact) mass is 186 g/mol. The van der Waals surface area contributed by atoms with E-state index in [1.54, 1.807) is 14.1 Å². The molecule has 1 aliphatic rings. The topological polar surface area (TPSA) is 32.8 Å². The highest BCUT2D eigenvalue weighted by molar-refractivity contribution is 5.66. The summed E-state index contributed by atoms with van der Waals surface area (Å²) in [5, 5.41) is 0. The van der Waals surface area contributed by atoms with Gasteiger partial charge in [-0.2, -0.15) is 0 Å². The lowest BCUT2D eigenvalue weighted by atomic mass is 10.2. The number of likely N-dealkylation sites (tertiary alicyclic amines) is 1. The second kappa shape index (κ2) is 4.46. The number of likely N-dealkylation sites (N-methyl/N-ethyl adjacent to an activating group) is 1. The van der Waals surface area contributed by atoms with Crippen LogP contribution in [-0.4, -0.2) is 56.2 Å². The summed E-state index contributed by atoms with van der Waals surface area (Å²) in [5.41, 5.74) is 0. The van der Waals surface area contributed by atoms with Crippen LogP contribution in [0.15, 0.2) is 0 Å². The van der Waals surface area contributed by atoms with Crippen molar-refractivity contribution in [3.63, 3.8) is 0 Å². The number of carbonyl (C=O) groups excluding carboxylic acids is 1. The van der Waals surface area contributed by atoms with Crippen LogP contribution in [0.1, 0.15) is 12.8 Å². The second-order valence-electron chi connectivity index (χ2n) is 3.75. The molecule has 4 heteroatoms. The summed E-state index contributed by atoms with van der Waals surface area (Å²) >= 11 is 0. The minimum absolute atomic E-state index is 0.250. The zero-order valence-corrected chi connectivity index (χ0v) is 8.62. The Morgan fingerprint density at radius 1 is 1.62 bits per heavy atom. The summed E-state index contributed by atoms with van der Waals surface area (Å²) in [5.74, 6) is 0. The van der Waals surface area contributed by atoms with Crippen LogP contribution >= 0.6 is 0 Å². The maximum atomic E-state index is 11.1. The van der Waals surface area contributed by atoms with Crippen LogP contribution < -0.4 is 0 Å². The van der Waals surface area contributed by atoms with Crippen molar-refractivity contribution in [1.82, 2.24) is 9.80 Å². The SMILES string of the molecule is CN(C)C(=O)OCC1CCCN1C. The Morgan fingerprint density at radius 3 is 2.77 bits per heavy atom. The number of nitrogens with zero attached hydrogens (tertiary/aromatic N) is 2. The van der Waals surface area contributed by atoms with E-state index in [-0.39, 0.29) is 6.09 Å². The molecule has 0 spiro atoms. The van der Waals surface area contributed by atoms with Gasteiger partial charge in [-0.15, -0.1) is 0 Å². The molecule has 4 nitrogen and oxygen atoms in total. The van der Waals surface area contributed by atoms with Gasteiger partial charge in [-0.25, -0.2) is 4.79 Å². The number of hydrogen-bond acceptors (Lipinski definition) is 3. The van der Waals surface area contributed by atoms with Crippen molar-refractivity contribution < 1.29 is 9.53 Å². The molecule has 1 unspecified atom stereocenters. The molecular formula is C9H18N2O2. The highest BCUT2D eigenvalue weighted by Crippen LogP contribution is 2.14. The van der Waals surface area contributed by atoms with Gasteiger partial charge in [0, 0.05) is 20.1 Å². The van der Waals surface area contributed by atoms with Crippen molar-refractivity contribution in [3.8, 4) is 0 Å². The van der Waals surface area contributed by atoms with Gasteiger partial charge in [0.25, 0.3) is 0 Å². The zero-order chi connectivity index (χ0) is 9.84. The van der Waals surface area contributed by atoms with E-state index in [2.05, 4.69) is 11.9 Å². The van der Waals surface area contributed by atoms with E-state index in [0.29, 0.717) is 12.6 Å². The van der Waals surface area contributed by atoms with E-state index < -0.39 is 0 Å².